The van der Waals surface area contributed by atoms with Crippen molar-refractivity contribution in [3.63, 3.8) is 0 Å². The number of amides is 1. The molecular formula is C13H18Cl2N4OS. The first kappa shape index (κ1) is 19.8. The summed E-state index contributed by atoms with van der Waals surface area (Å²) in [6.45, 7) is 2.31. The van der Waals surface area contributed by atoms with Crippen LogP contribution in [0.5, 0.6) is 0 Å². The van der Waals surface area contributed by atoms with E-state index in [0.717, 1.165) is 16.4 Å². The first-order chi connectivity index (χ1) is 9.19. The SMILES string of the molecule is C[C@@H](CN)NC(=O)Cc1csc(-c2ccccn2)n1.Cl.Cl. The van der Waals surface area contributed by atoms with Crippen LogP contribution in [0.4, 0.5) is 0 Å². The lowest BCUT2D eigenvalue weighted by atomic mass is 10.3. The first-order valence-electron chi connectivity index (χ1n) is 6.04. The zero-order valence-corrected chi connectivity index (χ0v) is 13.9. The van der Waals surface area contributed by atoms with Crippen molar-refractivity contribution in [3.05, 3.63) is 35.5 Å². The molecule has 2 rings (SSSR count). The number of hydrogen-bond acceptors (Lipinski definition) is 5. The second kappa shape index (κ2) is 9.68. The van der Waals surface area contributed by atoms with Crippen LogP contribution in [0.15, 0.2) is 29.8 Å². The average molecular weight is 349 g/mol. The van der Waals surface area contributed by atoms with E-state index < -0.39 is 0 Å². The van der Waals surface area contributed by atoms with Gasteiger partial charge in [0.1, 0.15) is 5.01 Å². The average Bonchev–Trinajstić information content (AvgIpc) is 2.88. The second-order valence-corrected chi connectivity index (χ2v) is 5.10. The molecular weight excluding hydrogens is 331 g/mol. The largest absolute Gasteiger partial charge is 0.352 e. The van der Waals surface area contributed by atoms with E-state index >= 15 is 0 Å². The van der Waals surface area contributed by atoms with Crippen LogP contribution in [0.2, 0.25) is 0 Å². The fraction of sp³-hybridized carbons (Fsp3) is 0.308. The number of nitrogens with one attached hydrogen (secondary N) is 1. The van der Waals surface area contributed by atoms with E-state index in [1.165, 1.54) is 11.3 Å². The normalized spacial score (nSPS) is 11.0. The molecule has 3 N–H and O–H groups in total. The molecule has 1 amide bonds. The molecule has 0 unspecified atom stereocenters. The van der Waals surface area contributed by atoms with Gasteiger partial charge in [-0.1, -0.05) is 6.07 Å². The summed E-state index contributed by atoms with van der Waals surface area (Å²) in [4.78, 5) is 20.4. The molecule has 0 saturated heterocycles. The van der Waals surface area contributed by atoms with Gasteiger partial charge in [-0.05, 0) is 19.1 Å². The molecule has 0 aromatic carbocycles. The van der Waals surface area contributed by atoms with Gasteiger partial charge in [0.2, 0.25) is 5.91 Å². The molecule has 116 valence electrons. The van der Waals surface area contributed by atoms with Gasteiger partial charge in [-0.2, -0.15) is 0 Å². The number of carbonyl (C=O) groups is 1. The van der Waals surface area contributed by atoms with Gasteiger partial charge in [0.25, 0.3) is 0 Å². The molecule has 0 saturated carbocycles. The number of pyridine rings is 1. The number of nitrogens with two attached hydrogens (primary N) is 1. The molecule has 2 heterocycles. The standard InChI is InChI=1S/C13H16N4OS.2ClH/c1-9(7-14)16-12(18)6-10-8-19-13(17-10)11-4-2-3-5-15-11;;/h2-5,8-9H,6-7,14H2,1H3,(H,16,18);2*1H/t9-;;/m0../s1. The van der Waals surface area contributed by atoms with Gasteiger partial charge in [0.15, 0.2) is 0 Å². The van der Waals surface area contributed by atoms with Gasteiger partial charge >= 0.3 is 0 Å². The summed E-state index contributed by atoms with van der Waals surface area (Å²) >= 11 is 1.49. The summed E-state index contributed by atoms with van der Waals surface area (Å²) in [5.74, 6) is -0.0594. The van der Waals surface area contributed by atoms with Crippen LogP contribution in [0.25, 0.3) is 10.7 Å². The highest BCUT2D eigenvalue weighted by Gasteiger charge is 2.10. The monoisotopic (exact) mass is 348 g/mol. The molecule has 2 aromatic heterocycles. The highest BCUT2D eigenvalue weighted by Crippen LogP contribution is 2.21. The third-order valence-corrected chi connectivity index (χ3v) is 3.45. The van der Waals surface area contributed by atoms with Crippen molar-refractivity contribution in [1.29, 1.82) is 0 Å². The number of thiazole rings is 1. The van der Waals surface area contributed by atoms with E-state index in [0.29, 0.717) is 6.54 Å². The van der Waals surface area contributed by atoms with Crippen molar-refractivity contribution in [1.82, 2.24) is 15.3 Å². The maximum atomic E-state index is 11.7. The lowest BCUT2D eigenvalue weighted by Crippen LogP contribution is -2.38. The Hall–Kier alpha value is -1.21. The van der Waals surface area contributed by atoms with Crippen LogP contribution in [0.3, 0.4) is 0 Å². The van der Waals surface area contributed by atoms with Crippen molar-refractivity contribution in [2.24, 2.45) is 5.73 Å². The summed E-state index contributed by atoms with van der Waals surface area (Å²) < 4.78 is 0. The maximum absolute atomic E-state index is 11.7. The molecule has 2 aromatic rings. The van der Waals surface area contributed by atoms with E-state index in [1.54, 1.807) is 6.20 Å². The molecule has 1 atom stereocenters. The van der Waals surface area contributed by atoms with E-state index in [-0.39, 0.29) is 43.2 Å². The molecule has 0 aliphatic rings. The zero-order chi connectivity index (χ0) is 13.7. The fourth-order valence-electron chi connectivity index (χ4n) is 1.54. The Morgan fingerprint density at radius 3 is 2.81 bits per heavy atom. The smallest absolute Gasteiger partial charge is 0.226 e. The Balaban J connectivity index is 0.00000200. The minimum atomic E-state index is -0.0594. The summed E-state index contributed by atoms with van der Waals surface area (Å²) in [7, 11) is 0. The predicted octanol–water partition coefficient (Wildman–Crippen LogP) is 2.05. The molecule has 8 heteroatoms. The maximum Gasteiger partial charge on any atom is 0.226 e. The Labute approximate surface area is 140 Å². The van der Waals surface area contributed by atoms with Crippen molar-refractivity contribution in [2.45, 2.75) is 19.4 Å². The Morgan fingerprint density at radius 1 is 1.43 bits per heavy atom. The summed E-state index contributed by atoms with van der Waals surface area (Å²) in [5.41, 5.74) is 7.04. The van der Waals surface area contributed by atoms with Crippen molar-refractivity contribution in [3.8, 4) is 10.7 Å². The van der Waals surface area contributed by atoms with Gasteiger partial charge in [-0.15, -0.1) is 36.2 Å². The lowest BCUT2D eigenvalue weighted by molar-refractivity contribution is -0.121. The fourth-order valence-corrected chi connectivity index (χ4v) is 2.34. The molecule has 0 spiro atoms. The van der Waals surface area contributed by atoms with Crippen LogP contribution in [-0.4, -0.2) is 28.5 Å². The number of rotatable bonds is 5. The van der Waals surface area contributed by atoms with Crippen LogP contribution in [0, 0.1) is 0 Å². The summed E-state index contributed by atoms with van der Waals surface area (Å²) in [6, 6.07) is 5.67. The number of halogens is 2. The molecule has 5 nitrogen and oxygen atoms in total. The van der Waals surface area contributed by atoms with E-state index in [1.807, 2.05) is 30.5 Å². The van der Waals surface area contributed by atoms with Crippen molar-refractivity contribution >= 4 is 42.1 Å². The second-order valence-electron chi connectivity index (χ2n) is 4.24. The Morgan fingerprint density at radius 2 is 2.19 bits per heavy atom. The van der Waals surface area contributed by atoms with E-state index in [9.17, 15) is 4.79 Å². The highest BCUT2D eigenvalue weighted by atomic mass is 35.5. The lowest BCUT2D eigenvalue weighted by Gasteiger charge is -2.09. The van der Waals surface area contributed by atoms with Gasteiger partial charge in [0, 0.05) is 24.2 Å². The van der Waals surface area contributed by atoms with E-state index in [2.05, 4.69) is 15.3 Å². The Bertz CT molecular complexity index is 550. The van der Waals surface area contributed by atoms with Crippen LogP contribution in [0.1, 0.15) is 12.6 Å². The highest BCUT2D eigenvalue weighted by molar-refractivity contribution is 7.13. The summed E-state index contributed by atoms with van der Waals surface area (Å²) in [5, 5.41) is 5.53. The first-order valence-corrected chi connectivity index (χ1v) is 6.92. The van der Waals surface area contributed by atoms with Crippen LogP contribution < -0.4 is 11.1 Å². The summed E-state index contributed by atoms with van der Waals surface area (Å²) in [6.07, 6.45) is 2.00. The third kappa shape index (κ3) is 5.97. The minimum Gasteiger partial charge on any atom is -0.352 e. The van der Waals surface area contributed by atoms with Gasteiger partial charge in [-0.3, -0.25) is 9.78 Å². The van der Waals surface area contributed by atoms with Crippen molar-refractivity contribution < 1.29 is 4.79 Å². The van der Waals surface area contributed by atoms with Crippen LogP contribution >= 0.6 is 36.2 Å². The van der Waals surface area contributed by atoms with Crippen LogP contribution in [-0.2, 0) is 11.2 Å². The number of nitrogens with zero attached hydrogens (tertiary/aromatic N) is 2. The third-order valence-electron chi connectivity index (χ3n) is 2.54. The minimum absolute atomic E-state index is 0. The predicted molar refractivity (Wildman–Crippen MR) is 90.2 cm³/mol. The number of hydrogen-bond donors (Lipinski definition) is 2. The topological polar surface area (TPSA) is 80.9 Å². The molecule has 21 heavy (non-hydrogen) atoms. The van der Waals surface area contributed by atoms with Gasteiger partial charge in [0.05, 0.1) is 17.8 Å². The number of carbonyl (C=O) groups excluding carboxylic acids is 1. The Kier molecular flexibility index (Phi) is 9.12. The van der Waals surface area contributed by atoms with E-state index in [4.69, 9.17) is 5.73 Å². The molecule has 0 fully saturated rings. The quantitative estimate of drug-likeness (QED) is 0.866. The molecule has 0 aliphatic heterocycles. The molecule has 0 aliphatic carbocycles. The molecule has 0 radical (unpaired) electrons. The van der Waals surface area contributed by atoms with Crippen molar-refractivity contribution in [2.75, 3.05) is 6.54 Å². The zero-order valence-electron chi connectivity index (χ0n) is 11.5. The van der Waals surface area contributed by atoms with Gasteiger partial charge < -0.3 is 11.1 Å². The molecule has 0 bridgehead atoms. The van der Waals surface area contributed by atoms with Gasteiger partial charge in [-0.25, -0.2) is 4.98 Å². The number of aromatic nitrogens is 2.